The third-order valence-electron chi connectivity index (χ3n) is 11.0. The van der Waals surface area contributed by atoms with E-state index in [1.807, 2.05) is 6.92 Å². The van der Waals surface area contributed by atoms with E-state index in [4.69, 9.17) is 23.1 Å². The Balaban J connectivity index is 2.57. The molecular weight excluding hydrogens is 787 g/mol. The molecule has 0 aliphatic carbocycles. The van der Waals surface area contributed by atoms with Crippen LogP contribution < -0.4 is 0 Å². The largest absolute Gasteiger partial charge is 0.467 e. The summed E-state index contributed by atoms with van der Waals surface area (Å²) in [6.07, 6.45) is 13.6. The second-order valence-electron chi connectivity index (χ2n) is 16.3. The molecule has 16 heteroatoms. The first kappa shape index (κ1) is 54.2. The molecule has 0 aromatic carbocycles. The lowest BCUT2D eigenvalue weighted by atomic mass is 9.93. The van der Waals surface area contributed by atoms with Crippen LogP contribution >= 0.6 is 0 Å². The maximum Gasteiger partial charge on any atom is 0.397 e. The van der Waals surface area contributed by atoms with Crippen LogP contribution in [0.15, 0.2) is 0 Å². The zero-order valence-electron chi connectivity index (χ0n) is 36.9. The minimum Gasteiger partial charge on any atom is -0.467 e. The molecular formula is C43H77NO14S. The number of rotatable bonds is 34. The summed E-state index contributed by atoms with van der Waals surface area (Å²) in [5.41, 5.74) is 0. The van der Waals surface area contributed by atoms with E-state index in [2.05, 4.69) is 6.92 Å². The van der Waals surface area contributed by atoms with Crippen molar-refractivity contribution < 1.29 is 65.2 Å². The van der Waals surface area contributed by atoms with Gasteiger partial charge in [-0.15, -0.1) is 0 Å². The summed E-state index contributed by atoms with van der Waals surface area (Å²) in [6.45, 7) is 8.42. The number of amides is 1. The summed E-state index contributed by atoms with van der Waals surface area (Å²) >= 11 is 0. The number of hydrogen-bond acceptors (Lipinski definition) is 13. The van der Waals surface area contributed by atoms with Gasteiger partial charge in [0.05, 0.1) is 19.3 Å². The van der Waals surface area contributed by atoms with E-state index in [-0.39, 0.29) is 11.8 Å². The minimum atomic E-state index is -4.52. The number of ether oxygens (including phenoxy) is 4. The number of aliphatic hydroxyl groups excluding tert-OH is 1. The standard InChI is InChI=1S/C43H77NO14S/c1-7-8-9-15-23-32(2)38(58-59(51,52)53)27-17-12-10-11-16-24-36(48)25-20-21-29-40(56-34(4)46)42(57-35(5)47)39(55-33(3)45)28-18-13-14-19-30-41(49)44-31-22-26-37(44)43(50)54-6/h32,36-40,42,48H,7-31H2,1-6H3,(H,51,52,53)/t32-,36?,37+,38-,39+,40-,42+/m1/s1. The Hall–Kier alpha value is -2.82. The fourth-order valence-corrected chi connectivity index (χ4v) is 8.54. The van der Waals surface area contributed by atoms with Crippen LogP contribution in [-0.4, -0.2) is 103 Å². The minimum absolute atomic E-state index is 0.0215. The van der Waals surface area contributed by atoms with Gasteiger partial charge in [0.25, 0.3) is 0 Å². The van der Waals surface area contributed by atoms with Gasteiger partial charge >= 0.3 is 34.3 Å². The van der Waals surface area contributed by atoms with Crippen LogP contribution in [0.5, 0.6) is 0 Å². The monoisotopic (exact) mass is 864 g/mol. The normalized spacial score (nSPS) is 17.4. The van der Waals surface area contributed by atoms with E-state index in [0.717, 1.165) is 77.0 Å². The molecule has 0 saturated carbocycles. The first-order chi connectivity index (χ1) is 28.0. The van der Waals surface area contributed by atoms with E-state index >= 15 is 0 Å². The third kappa shape index (κ3) is 25.5. The molecule has 0 aromatic heterocycles. The number of nitrogens with zero attached hydrogens (tertiary/aromatic N) is 1. The van der Waals surface area contributed by atoms with Crippen LogP contribution in [0, 0.1) is 5.92 Å². The van der Waals surface area contributed by atoms with E-state index in [0.29, 0.717) is 83.6 Å². The van der Waals surface area contributed by atoms with Gasteiger partial charge in [0.15, 0.2) is 6.10 Å². The van der Waals surface area contributed by atoms with Gasteiger partial charge in [0, 0.05) is 33.7 Å². The highest BCUT2D eigenvalue weighted by Gasteiger charge is 2.37. The summed E-state index contributed by atoms with van der Waals surface area (Å²) in [5.74, 6) is -2.19. The van der Waals surface area contributed by atoms with Crippen molar-refractivity contribution in [2.75, 3.05) is 13.7 Å². The molecule has 7 atom stereocenters. The van der Waals surface area contributed by atoms with Crippen molar-refractivity contribution in [3.63, 3.8) is 0 Å². The lowest BCUT2D eigenvalue weighted by Crippen LogP contribution is -2.45. The van der Waals surface area contributed by atoms with E-state index in [9.17, 15) is 42.0 Å². The summed E-state index contributed by atoms with van der Waals surface area (Å²) in [5, 5.41) is 10.7. The molecule has 0 aromatic rings. The Morgan fingerprint density at radius 2 is 1.12 bits per heavy atom. The molecule has 1 unspecified atom stereocenters. The van der Waals surface area contributed by atoms with Crippen LogP contribution in [0.1, 0.15) is 189 Å². The maximum absolute atomic E-state index is 12.8. The Kier molecular flexibility index (Phi) is 28.6. The summed E-state index contributed by atoms with van der Waals surface area (Å²) in [4.78, 5) is 62.9. The van der Waals surface area contributed by atoms with Crippen molar-refractivity contribution in [3.8, 4) is 0 Å². The van der Waals surface area contributed by atoms with Crippen LogP contribution in [0.3, 0.4) is 0 Å². The van der Waals surface area contributed by atoms with Crippen LogP contribution in [0.25, 0.3) is 0 Å². The molecule has 15 nitrogen and oxygen atoms in total. The number of esters is 4. The Morgan fingerprint density at radius 3 is 1.64 bits per heavy atom. The summed E-state index contributed by atoms with van der Waals surface area (Å²) in [6, 6.07) is -0.524. The van der Waals surface area contributed by atoms with Crippen molar-refractivity contribution in [2.24, 2.45) is 5.92 Å². The van der Waals surface area contributed by atoms with Crippen LogP contribution in [-0.2, 0) is 57.5 Å². The SMILES string of the molecule is CCCCCC[C@@H](C)[C@@H](CCCCCCCC(O)CCCC[C@@H](OC(C)=O)[C@@H](OC(C)=O)[C@H](CCCCCCC(=O)N1CCC[C@H]1C(=O)OC)OC(C)=O)OS(=O)(=O)O. The molecule has 1 heterocycles. The number of likely N-dealkylation sites (tertiary alicyclic amines) is 1. The molecule has 1 fully saturated rings. The van der Waals surface area contributed by atoms with Gasteiger partial charge in [0.1, 0.15) is 18.2 Å². The average Bonchev–Trinajstić information content (AvgIpc) is 3.66. The number of methoxy groups -OCH3 is 1. The molecule has 1 aliphatic heterocycles. The smallest absolute Gasteiger partial charge is 0.397 e. The number of unbranched alkanes of at least 4 members (excludes halogenated alkanes) is 11. The van der Waals surface area contributed by atoms with Gasteiger partial charge in [-0.05, 0) is 76.5 Å². The Labute approximate surface area is 354 Å². The molecule has 344 valence electrons. The van der Waals surface area contributed by atoms with Crippen LogP contribution in [0.2, 0.25) is 0 Å². The second-order valence-corrected chi connectivity index (χ2v) is 17.3. The molecule has 2 N–H and O–H groups in total. The highest BCUT2D eigenvalue weighted by molar-refractivity contribution is 7.80. The van der Waals surface area contributed by atoms with Crippen molar-refractivity contribution in [3.05, 3.63) is 0 Å². The van der Waals surface area contributed by atoms with E-state index < -0.39 is 70.8 Å². The zero-order valence-corrected chi connectivity index (χ0v) is 37.7. The van der Waals surface area contributed by atoms with Crippen molar-refractivity contribution in [1.82, 2.24) is 4.90 Å². The van der Waals surface area contributed by atoms with Gasteiger partial charge in [-0.1, -0.05) is 90.9 Å². The molecule has 1 saturated heterocycles. The highest BCUT2D eigenvalue weighted by atomic mass is 32.3. The second kappa shape index (κ2) is 31.1. The van der Waals surface area contributed by atoms with Gasteiger partial charge in [-0.3, -0.25) is 23.7 Å². The average molecular weight is 864 g/mol. The lowest BCUT2D eigenvalue weighted by Gasteiger charge is -2.32. The third-order valence-corrected chi connectivity index (χ3v) is 11.5. The van der Waals surface area contributed by atoms with Crippen molar-refractivity contribution in [1.29, 1.82) is 0 Å². The highest BCUT2D eigenvalue weighted by Crippen LogP contribution is 2.26. The first-order valence-electron chi connectivity index (χ1n) is 22.2. The predicted molar refractivity (Wildman–Crippen MR) is 222 cm³/mol. The zero-order chi connectivity index (χ0) is 44.2. The predicted octanol–water partition coefficient (Wildman–Crippen LogP) is 7.73. The number of carbonyl (C=O) groups excluding carboxylic acids is 5. The lowest BCUT2D eigenvalue weighted by molar-refractivity contribution is -0.184. The number of hydrogen-bond donors (Lipinski definition) is 2. The summed E-state index contributed by atoms with van der Waals surface area (Å²) in [7, 11) is -3.20. The van der Waals surface area contributed by atoms with Crippen LogP contribution in [0.4, 0.5) is 0 Å². The molecule has 1 amide bonds. The number of aliphatic hydroxyl groups is 1. The van der Waals surface area contributed by atoms with Crippen molar-refractivity contribution >= 4 is 40.2 Å². The number of carbonyl (C=O) groups is 5. The summed E-state index contributed by atoms with van der Waals surface area (Å²) < 4.78 is 58.9. The molecule has 1 rings (SSSR count). The topological polar surface area (TPSA) is 209 Å². The molecule has 1 aliphatic rings. The van der Waals surface area contributed by atoms with E-state index in [1.54, 1.807) is 4.90 Å². The van der Waals surface area contributed by atoms with Gasteiger partial charge in [0.2, 0.25) is 5.91 Å². The van der Waals surface area contributed by atoms with Gasteiger partial charge in [-0.2, -0.15) is 8.42 Å². The van der Waals surface area contributed by atoms with Gasteiger partial charge in [-0.25, -0.2) is 8.98 Å². The molecule has 0 bridgehead atoms. The molecule has 0 spiro atoms. The first-order valence-corrected chi connectivity index (χ1v) is 23.6. The Bertz CT molecular complexity index is 1330. The fourth-order valence-electron chi connectivity index (χ4n) is 7.94. The van der Waals surface area contributed by atoms with Gasteiger partial charge < -0.3 is 29.0 Å². The van der Waals surface area contributed by atoms with Crippen molar-refractivity contribution in [2.45, 2.75) is 225 Å². The molecule has 59 heavy (non-hydrogen) atoms. The van der Waals surface area contributed by atoms with E-state index in [1.165, 1.54) is 27.9 Å². The fraction of sp³-hybridized carbons (Fsp3) is 0.884. The Morgan fingerprint density at radius 1 is 0.661 bits per heavy atom. The quantitative estimate of drug-likeness (QED) is 0.0275. The maximum atomic E-state index is 12.8. The molecule has 0 radical (unpaired) electrons.